The Morgan fingerprint density at radius 1 is 1.33 bits per heavy atom. The Kier molecular flexibility index (Phi) is 3.51. The zero-order chi connectivity index (χ0) is 13.2. The Labute approximate surface area is 105 Å². The van der Waals surface area contributed by atoms with Gasteiger partial charge in [-0.3, -0.25) is 0 Å². The van der Waals surface area contributed by atoms with E-state index in [1.54, 1.807) is 17.0 Å². The fourth-order valence-corrected chi connectivity index (χ4v) is 3.27. The second-order valence-corrected chi connectivity index (χ2v) is 6.47. The summed E-state index contributed by atoms with van der Waals surface area (Å²) < 4.78 is 23.0. The van der Waals surface area contributed by atoms with Gasteiger partial charge < -0.3 is 10.0 Å². The minimum absolute atomic E-state index is 0.0307. The molecule has 1 aliphatic heterocycles. The zero-order valence-corrected chi connectivity index (χ0v) is 10.6. The van der Waals surface area contributed by atoms with Crippen LogP contribution in [0.3, 0.4) is 0 Å². The van der Waals surface area contributed by atoms with E-state index in [0.29, 0.717) is 25.2 Å². The van der Waals surface area contributed by atoms with Crippen LogP contribution in [0.2, 0.25) is 0 Å². The standard InChI is InChI=1S/C11H14N2O4S/c14-11(15)10-9(3-1-4-12-10)13-5-2-7-18(16,17)8-6-13/h1,3-4H,2,5-8H2,(H,14,15). The van der Waals surface area contributed by atoms with Gasteiger partial charge in [0.2, 0.25) is 0 Å². The molecular weight excluding hydrogens is 256 g/mol. The fraction of sp³-hybridized carbons (Fsp3) is 0.455. The van der Waals surface area contributed by atoms with Gasteiger partial charge in [-0.25, -0.2) is 18.2 Å². The average molecular weight is 270 g/mol. The molecule has 1 aromatic rings. The highest BCUT2D eigenvalue weighted by atomic mass is 32.2. The van der Waals surface area contributed by atoms with Crippen molar-refractivity contribution in [2.75, 3.05) is 29.5 Å². The van der Waals surface area contributed by atoms with E-state index in [-0.39, 0.29) is 17.2 Å². The van der Waals surface area contributed by atoms with Crippen LogP contribution in [0.5, 0.6) is 0 Å². The van der Waals surface area contributed by atoms with E-state index in [1.807, 2.05) is 0 Å². The third-order valence-corrected chi connectivity index (χ3v) is 4.60. The van der Waals surface area contributed by atoms with Crippen molar-refractivity contribution in [2.24, 2.45) is 0 Å². The molecule has 1 aromatic heterocycles. The molecule has 0 radical (unpaired) electrons. The summed E-state index contributed by atoms with van der Waals surface area (Å²) in [5.41, 5.74) is 0.457. The molecule has 0 saturated carbocycles. The van der Waals surface area contributed by atoms with E-state index in [4.69, 9.17) is 5.11 Å². The Morgan fingerprint density at radius 2 is 2.11 bits per heavy atom. The van der Waals surface area contributed by atoms with Gasteiger partial charge in [0, 0.05) is 19.3 Å². The molecule has 18 heavy (non-hydrogen) atoms. The van der Waals surface area contributed by atoms with E-state index >= 15 is 0 Å². The molecule has 0 atom stereocenters. The summed E-state index contributed by atoms with van der Waals surface area (Å²) in [6, 6.07) is 3.32. The Morgan fingerprint density at radius 3 is 2.83 bits per heavy atom. The van der Waals surface area contributed by atoms with Crippen molar-refractivity contribution in [1.29, 1.82) is 0 Å². The molecule has 0 aliphatic carbocycles. The summed E-state index contributed by atoms with van der Waals surface area (Å²) in [5.74, 6) is -0.884. The number of aromatic nitrogens is 1. The van der Waals surface area contributed by atoms with Gasteiger partial charge in [0.25, 0.3) is 0 Å². The summed E-state index contributed by atoms with van der Waals surface area (Å²) in [7, 11) is -3.00. The molecule has 0 unspecified atom stereocenters. The number of carboxylic acid groups (broad SMARTS) is 1. The van der Waals surface area contributed by atoms with Crippen LogP contribution in [-0.2, 0) is 9.84 Å². The molecule has 1 saturated heterocycles. The van der Waals surface area contributed by atoms with E-state index in [1.165, 1.54) is 6.20 Å². The number of rotatable bonds is 2. The maximum atomic E-state index is 11.5. The van der Waals surface area contributed by atoms with Gasteiger partial charge in [-0.15, -0.1) is 0 Å². The predicted molar refractivity (Wildman–Crippen MR) is 66.7 cm³/mol. The molecule has 1 aliphatic rings. The van der Waals surface area contributed by atoms with Gasteiger partial charge in [0.1, 0.15) is 0 Å². The number of hydrogen-bond acceptors (Lipinski definition) is 5. The number of sulfone groups is 1. The number of hydrogen-bond donors (Lipinski definition) is 1. The van der Waals surface area contributed by atoms with Crippen molar-refractivity contribution in [2.45, 2.75) is 6.42 Å². The molecule has 98 valence electrons. The third kappa shape index (κ3) is 2.79. The van der Waals surface area contributed by atoms with Gasteiger partial charge in [0.15, 0.2) is 15.5 Å². The molecule has 6 nitrogen and oxygen atoms in total. The number of carbonyl (C=O) groups is 1. The molecule has 0 bridgehead atoms. The summed E-state index contributed by atoms with van der Waals surface area (Å²) in [5, 5.41) is 9.06. The molecule has 2 heterocycles. The first kappa shape index (κ1) is 12.8. The smallest absolute Gasteiger partial charge is 0.356 e. The minimum Gasteiger partial charge on any atom is -0.476 e. The second-order valence-electron chi connectivity index (χ2n) is 4.17. The lowest BCUT2D eigenvalue weighted by molar-refractivity contribution is 0.0691. The van der Waals surface area contributed by atoms with Crippen molar-refractivity contribution in [3.8, 4) is 0 Å². The first-order chi connectivity index (χ1) is 8.49. The Hall–Kier alpha value is -1.63. The third-order valence-electron chi connectivity index (χ3n) is 2.89. The fourth-order valence-electron chi connectivity index (χ4n) is 2.00. The monoisotopic (exact) mass is 270 g/mol. The van der Waals surface area contributed by atoms with E-state index < -0.39 is 15.8 Å². The van der Waals surface area contributed by atoms with Crippen molar-refractivity contribution in [1.82, 2.24) is 4.98 Å². The van der Waals surface area contributed by atoms with Gasteiger partial charge in [-0.2, -0.15) is 0 Å². The van der Waals surface area contributed by atoms with Gasteiger partial charge >= 0.3 is 5.97 Å². The molecule has 1 fully saturated rings. The number of carboxylic acids is 1. The highest BCUT2D eigenvalue weighted by Crippen LogP contribution is 2.20. The largest absolute Gasteiger partial charge is 0.476 e. The summed E-state index contributed by atoms with van der Waals surface area (Å²) in [6.45, 7) is 0.847. The molecule has 2 rings (SSSR count). The lowest BCUT2D eigenvalue weighted by Gasteiger charge is -2.22. The lowest BCUT2D eigenvalue weighted by Crippen LogP contribution is -2.28. The van der Waals surface area contributed by atoms with Crippen LogP contribution in [0.15, 0.2) is 18.3 Å². The van der Waals surface area contributed by atoms with Crippen molar-refractivity contribution >= 4 is 21.5 Å². The quantitative estimate of drug-likeness (QED) is 0.837. The van der Waals surface area contributed by atoms with Gasteiger partial charge in [-0.05, 0) is 18.6 Å². The van der Waals surface area contributed by atoms with Crippen molar-refractivity contribution in [3.05, 3.63) is 24.0 Å². The molecule has 0 amide bonds. The van der Waals surface area contributed by atoms with Gasteiger partial charge in [-0.1, -0.05) is 0 Å². The Balaban J connectivity index is 2.29. The Bertz CT molecular complexity index is 556. The first-order valence-corrected chi connectivity index (χ1v) is 7.45. The highest BCUT2D eigenvalue weighted by molar-refractivity contribution is 7.91. The molecule has 0 spiro atoms. The number of pyridine rings is 1. The van der Waals surface area contributed by atoms with Crippen molar-refractivity contribution in [3.63, 3.8) is 0 Å². The molecule has 1 N–H and O–H groups in total. The number of anilines is 1. The van der Waals surface area contributed by atoms with Crippen LogP contribution in [-0.4, -0.2) is 49.1 Å². The topological polar surface area (TPSA) is 87.6 Å². The molecular formula is C11H14N2O4S. The lowest BCUT2D eigenvalue weighted by atomic mass is 10.2. The second kappa shape index (κ2) is 4.93. The summed E-state index contributed by atoms with van der Waals surface area (Å²) in [6.07, 6.45) is 1.93. The number of nitrogens with zero attached hydrogens (tertiary/aromatic N) is 2. The highest BCUT2D eigenvalue weighted by Gasteiger charge is 2.22. The first-order valence-electron chi connectivity index (χ1n) is 5.63. The SMILES string of the molecule is O=C(O)c1ncccc1N1CCCS(=O)(=O)CC1. The number of aromatic carboxylic acids is 1. The normalized spacial score (nSPS) is 19.2. The minimum atomic E-state index is -3.00. The van der Waals surface area contributed by atoms with Crippen LogP contribution < -0.4 is 4.90 Å². The van der Waals surface area contributed by atoms with Crippen molar-refractivity contribution < 1.29 is 18.3 Å². The average Bonchev–Trinajstić information content (AvgIpc) is 2.50. The maximum Gasteiger partial charge on any atom is 0.356 e. The van der Waals surface area contributed by atoms with E-state index in [9.17, 15) is 13.2 Å². The van der Waals surface area contributed by atoms with E-state index in [0.717, 1.165) is 0 Å². The van der Waals surface area contributed by atoms with E-state index in [2.05, 4.69) is 4.98 Å². The predicted octanol–water partition coefficient (Wildman–Crippen LogP) is 0.405. The summed E-state index contributed by atoms with van der Waals surface area (Å²) >= 11 is 0. The summed E-state index contributed by atoms with van der Waals surface area (Å²) in [4.78, 5) is 16.7. The van der Waals surface area contributed by atoms with Crippen LogP contribution in [0.4, 0.5) is 5.69 Å². The van der Waals surface area contributed by atoms with Crippen LogP contribution in [0.25, 0.3) is 0 Å². The zero-order valence-electron chi connectivity index (χ0n) is 9.74. The van der Waals surface area contributed by atoms with Crippen LogP contribution in [0, 0.1) is 0 Å². The van der Waals surface area contributed by atoms with Crippen LogP contribution >= 0.6 is 0 Å². The molecule has 0 aromatic carbocycles. The maximum absolute atomic E-state index is 11.5. The van der Waals surface area contributed by atoms with Gasteiger partial charge in [0.05, 0.1) is 17.2 Å². The van der Waals surface area contributed by atoms with Crippen LogP contribution in [0.1, 0.15) is 16.9 Å². The molecule has 7 heteroatoms.